The molecule has 1 aromatic rings. The minimum Gasteiger partial charge on any atom is -0.479 e. The molecule has 2 nitrogen and oxygen atoms in total. The first-order valence-electron chi connectivity index (χ1n) is 9.59. The molecular weight excluding hydrogens is 303 g/mol. The highest BCUT2D eigenvalue weighted by atomic mass is 19.1. The summed E-state index contributed by atoms with van der Waals surface area (Å²) in [5, 5.41) is 9.27. The first-order valence-corrected chi connectivity index (χ1v) is 9.59. The highest BCUT2D eigenvalue weighted by Gasteiger charge is 2.39. The van der Waals surface area contributed by atoms with Gasteiger partial charge in [-0.3, -0.25) is 0 Å². The normalized spacial score (nSPS) is 13.6. The Balaban J connectivity index is 2.15. The Labute approximate surface area is 146 Å². The SMILES string of the molecule is CCCCCCCCCCCCCC(F)(C(=O)O)c1ccccc1. The van der Waals surface area contributed by atoms with Gasteiger partial charge in [-0.15, -0.1) is 0 Å². The van der Waals surface area contributed by atoms with Crippen molar-refractivity contribution < 1.29 is 14.3 Å². The highest BCUT2D eigenvalue weighted by Crippen LogP contribution is 2.32. The minimum atomic E-state index is -2.25. The number of rotatable bonds is 14. The molecule has 0 saturated heterocycles. The van der Waals surface area contributed by atoms with E-state index in [-0.39, 0.29) is 12.0 Å². The van der Waals surface area contributed by atoms with Crippen LogP contribution < -0.4 is 0 Å². The Hall–Kier alpha value is -1.38. The lowest BCUT2D eigenvalue weighted by atomic mass is 9.90. The van der Waals surface area contributed by atoms with E-state index in [1.165, 1.54) is 51.4 Å². The van der Waals surface area contributed by atoms with Crippen LogP contribution in [0.1, 0.15) is 89.5 Å². The first kappa shape index (κ1) is 20.7. The molecule has 0 amide bonds. The fourth-order valence-corrected chi connectivity index (χ4v) is 3.11. The van der Waals surface area contributed by atoms with Crippen LogP contribution in [-0.4, -0.2) is 11.1 Å². The van der Waals surface area contributed by atoms with Crippen molar-refractivity contribution in [1.82, 2.24) is 0 Å². The van der Waals surface area contributed by atoms with Gasteiger partial charge in [0.15, 0.2) is 0 Å². The van der Waals surface area contributed by atoms with Gasteiger partial charge in [0.2, 0.25) is 5.67 Å². The van der Waals surface area contributed by atoms with Crippen LogP contribution in [0.25, 0.3) is 0 Å². The number of carbonyl (C=O) groups is 1. The fraction of sp³-hybridized carbons (Fsp3) is 0.667. The third-order valence-electron chi connectivity index (χ3n) is 4.70. The Kier molecular flexibility index (Phi) is 10.4. The Morgan fingerprint density at radius 1 is 0.875 bits per heavy atom. The van der Waals surface area contributed by atoms with Crippen LogP contribution in [-0.2, 0) is 10.5 Å². The molecule has 0 aromatic heterocycles. The standard InChI is InChI=1S/C21H33FO2/c1-2-3-4-5-6-7-8-9-10-11-15-18-21(22,20(23)24)19-16-13-12-14-17-19/h12-14,16-17H,2-11,15,18H2,1H3,(H,23,24). The molecule has 1 atom stereocenters. The van der Waals surface area contributed by atoms with E-state index in [9.17, 15) is 14.3 Å². The second kappa shape index (κ2) is 12.0. The molecule has 24 heavy (non-hydrogen) atoms. The first-order chi connectivity index (χ1) is 11.6. The van der Waals surface area contributed by atoms with Gasteiger partial charge in [-0.05, 0) is 12.8 Å². The van der Waals surface area contributed by atoms with Crippen molar-refractivity contribution in [1.29, 1.82) is 0 Å². The summed E-state index contributed by atoms with van der Waals surface area (Å²) in [5.41, 5.74) is -2.00. The van der Waals surface area contributed by atoms with Gasteiger partial charge >= 0.3 is 5.97 Å². The summed E-state index contributed by atoms with van der Waals surface area (Å²) in [6.07, 6.45) is 13.0. The van der Waals surface area contributed by atoms with Crippen molar-refractivity contribution in [2.24, 2.45) is 0 Å². The lowest BCUT2D eigenvalue weighted by molar-refractivity contribution is -0.152. The van der Waals surface area contributed by atoms with Crippen LogP contribution >= 0.6 is 0 Å². The molecule has 136 valence electrons. The molecular formula is C21H33FO2. The predicted octanol–water partition coefficient (Wildman–Crippen LogP) is 6.64. The maximum atomic E-state index is 14.8. The van der Waals surface area contributed by atoms with Crippen molar-refractivity contribution >= 4 is 5.97 Å². The van der Waals surface area contributed by atoms with E-state index in [0.29, 0.717) is 6.42 Å². The average molecular weight is 336 g/mol. The van der Waals surface area contributed by atoms with Gasteiger partial charge in [0.05, 0.1) is 0 Å². The molecule has 0 spiro atoms. The second-order valence-electron chi connectivity index (χ2n) is 6.76. The number of benzene rings is 1. The van der Waals surface area contributed by atoms with E-state index < -0.39 is 11.6 Å². The van der Waals surface area contributed by atoms with Crippen molar-refractivity contribution in [2.45, 2.75) is 89.6 Å². The van der Waals surface area contributed by atoms with Gasteiger partial charge in [0.25, 0.3) is 0 Å². The monoisotopic (exact) mass is 336 g/mol. The van der Waals surface area contributed by atoms with E-state index in [0.717, 1.165) is 12.8 Å². The van der Waals surface area contributed by atoms with E-state index in [1.807, 2.05) is 0 Å². The quantitative estimate of drug-likeness (QED) is 0.387. The number of hydrogen-bond acceptors (Lipinski definition) is 1. The molecule has 0 aliphatic rings. The lowest BCUT2D eigenvalue weighted by Crippen LogP contribution is -2.30. The summed E-state index contributed by atoms with van der Waals surface area (Å²) in [6, 6.07) is 8.27. The van der Waals surface area contributed by atoms with Gasteiger partial charge in [-0.2, -0.15) is 0 Å². The Morgan fingerprint density at radius 2 is 1.33 bits per heavy atom. The average Bonchev–Trinajstić information content (AvgIpc) is 2.60. The molecule has 0 aliphatic carbocycles. The molecule has 0 heterocycles. The molecule has 0 radical (unpaired) electrons. The zero-order chi connectivity index (χ0) is 17.7. The number of unbranched alkanes of at least 4 members (excludes halogenated alkanes) is 10. The molecule has 3 heteroatoms. The summed E-state index contributed by atoms with van der Waals surface area (Å²) in [5.74, 6) is -1.37. The number of halogens is 1. The van der Waals surface area contributed by atoms with Crippen LogP contribution in [0, 0.1) is 0 Å². The van der Waals surface area contributed by atoms with Crippen LogP contribution in [0.3, 0.4) is 0 Å². The maximum Gasteiger partial charge on any atom is 0.346 e. The summed E-state index contributed by atoms with van der Waals surface area (Å²) >= 11 is 0. The molecule has 0 fully saturated rings. The van der Waals surface area contributed by atoms with E-state index in [2.05, 4.69) is 6.92 Å². The van der Waals surface area contributed by atoms with Crippen molar-refractivity contribution in [3.63, 3.8) is 0 Å². The number of hydrogen-bond donors (Lipinski definition) is 1. The van der Waals surface area contributed by atoms with Gasteiger partial charge in [-0.25, -0.2) is 9.18 Å². The van der Waals surface area contributed by atoms with Gasteiger partial charge in [0, 0.05) is 5.56 Å². The summed E-state index contributed by atoms with van der Waals surface area (Å²) < 4.78 is 14.8. The summed E-state index contributed by atoms with van der Waals surface area (Å²) in [4.78, 5) is 11.4. The maximum absolute atomic E-state index is 14.8. The van der Waals surface area contributed by atoms with E-state index in [4.69, 9.17) is 0 Å². The topological polar surface area (TPSA) is 37.3 Å². The molecule has 1 aromatic carbocycles. The molecule has 0 saturated carbocycles. The zero-order valence-corrected chi connectivity index (χ0v) is 15.1. The van der Waals surface area contributed by atoms with Crippen molar-refractivity contribution in [2.75, 3.05) is 0 Å². The Morgan fingerprint density at radius 3 is 1.79 bits per heavy atom. The van der Waals surface area contributed by atoms with Crippen LogP contribution in [0.4, 0.5) is 4.39 Å². The summed E-state index contributed by atoms with van der Waals surface area (Å²) in [6.45, 7) is 2.23. The van der Waals surface area contributed by atoms with E-state index >= 15 is 0 Å². The zero-order valence-electron chi connectivity index (χ0n) is 15.1. The van der Waals surface area contributed by atoms with Crippen LogP contribution in [0.5, 0.6) is 0 Å². The van der Waals surface area contributed by atoms with E-state index in [1.54, 1.807) is 30.3 Å². The molecule has 1 rings (SSSR count). The van der Waals surface area contributed by atoms with Gasteiger partial charge in [-0.1, -0.05) is 101 Å². The number of aliphatic carboxylic acids is 1. The molecule has 1 unspecified atom stereocenters. The van der Waals surface area contributed by atoms with Crippen LogP contribution in [0.2, 0.25) is 0 Å². The lowest BCUT2D eigenvalue weighted by Gasteiger charge is -2.21. The Bertz CT molecular complexity index is 446. The second-order valence-corrected chi connectivity index (χ2v) is 6.76. The summed E-state index contributed by atoms with van der Waals surface area (Å²) in [7, 11) is 0. The minimum absolute atomic E-state index is 0.0589. The number of carboxylic acid groups (broad SMARTS) is 1. The number of carboxylic acids is 1. The third kappa shape index (κ3) is 7.46. The fourth-order valence-electron chi connectivity index (χ4n) is 3.11. The largest absolute Gasteiger partial charge is 0.479 e. The third-order valence-corrected chi connectivity index (χ3v) is 4.70. The van der Waals surface area contributed by atoms with Gasteiger partial charge < -0.3 is 5.11 Å². The smallest absolute Gasteiger partial charge is 0.346 e. The highest BCUT2D eigenvalue weighted by molar-refractivity contribution is 5.79. The van der Waals surface area contributed by atoms with Crippen LogP contribution in [0.15, 0.2) is 30.3 Å². The van der Waals surface area contributed by atoms with Crippen molar-refractivity contribution in [3.8, 4) is 0 Å². The molecule has 0 aliphatic heterocycles. The van der Waals surface area contributed by atoms with Crippen molar-refractivity contribution in [3.05, 3.63) is 35.9 Å². The molecule has 1 N–H and O–H groups in total. The predicted molar refractivity (Wildman–Crippen MR) is 97.9 cm³/mol. The van der Waals surface area contributed by atoms with Gasteiger partial charge in [0.1, 0.15) is 0 Å². The number of alkyl halides is 1. The molecule has 0 bridgehead atoms.